The molecule has 2 unspecified atom stereocenters. The molecular weight excluding hydrogens is 450 g/mol. The standard InChI is InChI=1S/C23H20ClN3O4S/c1-31-21-11-15(8-9-25-21)13-26-23(29)16-4-7-19-18(12-16)22(28)20(32(30)27-19)10-14-2-5-17(24)6-3-14/h2-9,11-12,20,27H,10,13H2,1H3,(H,26,29). The molecule has 1 amide bonds. The van der Waals surface area contributed by atoms with E-state index in [0.29, 0.717) is 34.1 Å². The Morgan fingerprint density at radius 1 is 1.16 bits per heavy atom. The molecule has 9 heteroatoms. The quantitative estimate of drug-likeness (QED) is 0.575. The van der Waals surface area contributed by atoms with Crippen molar-refractivity contribution >= 4 is 40.0 Å². The third-order valence-corrected chi connectivity index (χ3v) is 6.68. The summed E-state index contributed by atoms with van der Waals surface area (Å²) >= 11 is 5.92. The molecule has 0 spiro atoms. The zero-order valence-electron chi connectivity index (χ0n) is 17.1. The van der Waals surface area contributed by atoms with Crippen LogP contribution in [-0.4, -0.2) is 33.2 Å². The van der Waals surface area contributed by atoms with E-state index >= 15 is 0 Å². The molecule has 2 aromatic carbocycles. The van der Waals surface area contributed by atoms with Crippen LogP contribution < -0.4 is 14.8 Å². The summed E-state index contributed by atoms with van der Waals surface area (Å²) in [5, 5.41) is 2.66. The number of benzene rings is 2. The van der Waals surface area contributed by atoms with Gasteiger partial charge in [0.15, 0.2) is 5.78 Å². The molecule has 0 saturated heterocycles. The van der Waals surface area contributed by atoms with Crippen LogP contribution in [0.1, 0.15) is 31.8 Å². The zero-order chi connectivity index (χ0) is 22.7. The third-order valence-electron chi connectivity index (χ3n) is 5.10. The number of halogens is 1. The first-order valence-electron chi connectivity index (χ1n) is 9.81. The largest absolute Gasteiger partial charge is 0.481 e. The lowest BCUT2D eigenvalue weighted by Crippen LogP contribution is -2.37. The molecule has 0 radical (unpaired) electrons. The van der Waals surface area contributed by atoms with Crippen molar-refractivity contribution in [3.05, 3.63) is 88.1 Å². The predicted octanol–water partition coefficient (Wildman–Crippen LogP) is 3.56. The van der Waals surface area contributed by atoms with Gasteiger partial charge in [-0.15, -0.1) is 0 Å². The van der Waals surface area contributed by atoms with E-state index in [-0.39, 0.29) is 18.2 Å². The number of ketones is 1. The van der Waals surface area contributed by atoms with Gasteiger partial charge in [0.1, 0.15) is 16.2 Å². The molecule has 2 atom stereocenters. The highest BCUT2D eigenvalue weighted by Crippen LogP contribution is 2.28. The normalized spacial score (nSPS) is 17.2. The molecule has 0 fully saturated rings. The summed E-state index contributed by atoms with van der Waals surface area (Å²) in [5.74, 6) is -0.125. The number of methoxy groups -OCH3 is 1. The molecule has 1 aliphatic heterocycles. The first kappa shape index (κ1) is 22.0. The molecule has 32 heavy (non-hydrogen) atoms. The summed E-state index contributed by atoms with van der Waals surface area (Å²) in [4.78, 5) is 29.8. The van der Waals surface area contributed by atoms with Crippen LogP contribution in [0.5, 0.6) is 5.88 Å². The number of aromatic nitrogens is 1. The van der Waals surface area contributed by atoms with Gasteiger partial charge in [0.05, 0.1) is 12.8 Å². The van der Waals surface area contributed by atoms with E-state index in [0.717, 1.165) is 11.1 Å². The van der Waals surface area contributed by atoms with Gasteiger partial charge >= 0.3 is 0 Å². The lowest BCUT2D eigenvalue weighted by atomic mass is 9.98. The number of fused-ring (bicyclic) bond motifs is 1. The summed E-state index contributed by atoms with van der Waals surface area (Å²) in [5.41, 5.74) is 2.84. The second-order valence-electron chi connectivity index (χ2n) is 7.23. The van der Waals surface area contributed by atoms with Gasteiger partial charge in [0.25, 0.3) is 5.91 Å². The monoisotopic (exact) mass is 469 g/mol. The smallest absolute Gasteiger partial charge is 0.251 e. The van der Waals surface area contributed by atoms with E-state index in [1.54, 1.807) is 60.8 Å². The van der Waals surface area contributed by atoms with Crippen molar-refractivity contribution in [2.75, 3.05) is 11.8 Å². The molecule has 7 nitrogen and oxygen atoms in total. The molecule has 1 aliphatic rings. The minimum absolute atomic E-state index is 0.263. The topological polar surface area (TPSA) is 97.4 Å². The number of Topliss-reactive ketones (excluding diaryl/α,β-unsaturated/α-hetero) is 1. The molecule has 2 heterocycles. The van der Waals surface area contributed by atoms with Gasteiger partial charge in [0, 0.05) is 35.0 Å². The third kappa shape index (κ3) is 4.81. The van der Waals surface area contributed by atoms with Crippen molar-refractivity contribution in [1.82, 2.24) is 10.3 Å². The Morgan fingerprint density at radius 3 is 2.69 bits per heavy atom. The van der Waals surface area contributed by atoms with Crippen LogP contribution >= 0.6 is 11.6 Å². The van der Waals surface area contributed by atoms with Crippen molar-refractivity contribution < 1.29 is 18.5 Å². The van der Waals surface area contributed by atoms with E-state index in [1.807, 2.05) is 0 Å². The lowest BCUT2D eigenvalue weighted by molar-refractivity contribution is 0.0951. The SMILES string of the molecule is COc1cc(CNC(=O)c2ccc3c(c2)C(=O)C(Cc2ccc(Cl)cc2)S(=O)N3)ccn1. The highest BCUT2D eigenvalue weighted by molar-refractivity contribution is 7.88. The zero-order valence-corrected chi connectivity index (χ0v) is 18.7. The molecule has 0 aliphatic carbocycles. The van der Waals surface area contributed by atoms with Crippen molar-refractivity contribution in [3.8, 4) is 5.88 Å². The minimum Gasteiger partial charge on any atom is -0.481 e. The van der Waals surface area contributed by atoms with E-state index < -0.39 is 16.2 Å². The van der Waals surface area contributed by atoms with Crippen LogP contribution in [0.2, 0.25) is 5.02 Å². The Hall–Kier alpha value is -3.23. The number of hydrogen-bond donors (Lipinski definition) is 2. The van der Waals surface area contributed by atoms with Crippen LogP contribution in [0.4, 0.5) is 5.69 Å². The number of nitrogens with zero attached hydrogens (tertiary/aromatic N) is 1. The second kappa shape index (κ2) is 9.50. The van der Waals surface area contributed by atoms with Crippen LogP contribution in [0, 0.1) is 0 Å². The van der Waals surface area contributed by atoms with Gasteiger partial charge < -0.3 is 14.8 Å². The number of anilines is 1. The molecular formula is C23H20ClN3O4S. The van der Waals surface area contributed by atoms with Crippen LogP contribution in [0.15, 0.2) is 60.8 Å². The Balaban J connectivity index is 1.50. The van der Waals surface area contributed by atoms with Crippen LogP contribution in [-0.2, 0) is 24.0 Å². The second-order valence-corrected chi connectivity index (χ2v) is 9.04. The number of pyridine rings is 1. The fourth-order valence-electron chi connectivity index (χ4n) is 3.39. The van der Waals surface area contributed by atoms with Crippen LogP contribution in [0.3, 0.4) is 0 Å². The Kier molecular flexibility index (Phi) is 6.53. The number of hydrogen-bond acceptors (Lipinski definition) is 5. The molecule has 1 aromatic heterocycles. The van der Waals surface area contributed by atoms with Crippen molar-refractivity contribution in [3.63, 3.8) is 0 Å². The Labute approximate surface area is 192 Å². The van der Waals surface area contributed by atoms with Gasteiger partial charge in [-0.1, -0.05) is 23.7 Å². The summed E-state index contributed by atoms with van der Waals surface area (Å²) < 4.78 is 20.6. The number of amides is 1. The predicted molar refractivity (Wildman–Crippen MR) is 123 cm³/mol. The van der Waals surface area contributed by atoms with E-state index in [2.05, 4.69) is 15.0 Å². The average Bonchev–Trinajstić information content (AvgIpc) is 2.81. The van der Waals surface area contributed by atoms with Gasteiger partial charge in [-0.05, 0) is 53.9 Å². The van der Waals surface area contributed by atoms with E-state index in [1.165, 1.54) is 7.11 Å². The van der Waals surface area contributed by atoms with Gasteiger partial charge in [-0.25, -0.2) is 9.19 Å². The molecule has 2 N–H and O–H groups in total. The summed E-state index contributed by atoms with van der Waals surface area (Å²) in [6.45, 7) is 0.282. The summed E-state index contributed by atoms with van der Waals surface area (Å²) in [6.07, 6.45) is 1.90. The highest BCUT2D eigenvalue weighted by atomic mass is 35.5. The summed E-state index contributed by atoms with van der Waals surface area (Å²) in [6, 6.07) is 15.3. The van der Waals surface area contributed by atoms with E-state index in [4.69, 9.17) is 16.3 Å². The van der Waals surface area contributed by atoms with Crippen molar-refractivity contribution in [2.24, 2.45) is 0 Å². The molecule has 0 bridgehead atoms. The van der Waals surface area contributed by atoms with Gasteiger partial charge in [-0.3, -0.25) is 9.59 Å². The first-order chi connectivity index (χ1) is 15.4. The first-order valence-corrected chi connectivity index (χ1v) is 11.4. The number of nitrogens with one attached hydrogen (secondary N) is 2. The Morgan fingerprint density at radius 2 is 1.94 bits per heavy atom. The number of rotatable bonds is 6. The van der Waals surface area contributed by atoms with Gasteiger partial charge in [0.2, 0.25) is 5.88 Å². The molecule has 3 aromatic rings. The number of ether oxygens (including phenoxy) is 1. The Bertz CT molecular complexity index is 1200. The summed E-state index contributed by atoms with van der Waals surface area (Å²) in [7, 11) is -0.0512. The van der Waals surface area contributed by atoms with Crippen LogP contribution in [0.25, 0.3) is 0 Å². The molecule has 4 rings (SSSR count). The van der Waals surface area contributed by atoms with Gasteiger partial charge in [-0.2, -0.15) is 0 Å². The fourth-order valence-corrected chi connectivity index (χ4v) is 4.72. The average molecular weight is 470 g/mol. The lowest BCUT2D eigenvalue weighted by Gasteiger charge is -2.24. The number of carbonyl (C=O) groups is 2. The maximum atomic E-state index is 13.1. The maximum absolute atomic E-state index is 13.1. The highest BCUT2D eigenvalue weighted by Gasteiger charge is 2.34. The van der Waals surface area contributed by atoms with Crippen molar-refractivity contribution in [1.29, 1.82) is 0 Å². The molecule has 164 valence electrons. The number of carbonyl (C=O) groups excluding carboxylic acids is 2. The minimum atomic E-state index is -1.58. The van der Waals surface area contributed by atoms with E-state index in [9.17, 15) is 13.8 Å². The maximum Gasteiger partial charge on any atom is 0.251 e. The van der Waals surface area contributed by atoms with Crippen molar-refractivity contribution in [2.45, 2.75) is 18.2 Å². The molecule has 0 saturated carbocycles. The fraction of sp³-hybridized carbons (Fsp3) is 0.174.